The standard InChI is InChI=1S/C14H18N2S/c1-10-4-5-12-11(8-10)16-13(17-12)14(9-15)6-2-3-7-14/h4-5,8H,2-3,6-7,9,15H2,1H3. The fraction of sp³-hybridized carbons (Fsp3) is 0.500. The number of hydrogen-bond acceptors (Lipinski definition) is 3. The van der Waals surface area contributed by atoms with Gasteiger partial charge in [-0.05, 0) is 37.5 Å². The molecule has 1 aliphatic rings. The first-order valence-electron chi connectivity index (χ1n) is 6.31. The largest absolute Gasteiger partial charge is 0.329 e. The Kier molecular flexibility index (Phi) is 2.68. The van der Waals surface area contributed by atoms with Crippen molar-refractivity contribution in [3.63, 3.8) is 0 Å². The van der Waals surface area contributed by atoms with Gasteiger partial charge in [0.1, 0.15) is 5.01 Å². The fourth-order valence-electron chi connectivity index (χ4n) is 2.82. The summed E-state index contributed by atoms with van der Waals surface area (Å²) in [5.74, 6) is 0. The molecular weight excluding hydrogens is 228 g/mol. The maximum absolute atomic E-state index is 6.02. The smallest absolute Gasteiger partial charge is 0.101 e. The monoisotopic (exact) mass is 246 g/mol. The first kappa shape index (κ1) is 11.2. The van der Waals surface area contributed by atoms with Crippen molar-refractivity contribution in [3.8, 4) is 0 Å². The summed E-state index contributed by atoms with van der Waals surface area (Å²) in [5.41, 5.74) is 8.62. The maximum Gasteiger partial charge on any atom is 0.101 e. The number of fused-ring (bicyclic) bond motifs is 1. The molecular formula is C14H18N2S. The van der Waals surface area contributed by atoms with Crippen molar-refractivity contribution in [2.45, 2.75) is 38.0 Å². The van der Waals surface area contributed by atoms with Gasteiger partial charge in [-0.3, -0.25) is 0 Å². The second kappa shape index (κ2) is 4.07. The fourth-order valence-corrected chi connectivity index (χ4v) is 4.02. The van der Waals surface area contributed by atoms with Crippen LogP contribution in [-0.2, 0) is 5.41 Å². The summed E-state index contributed by atoms with van der Waals surface area (Å²) in [6, 6.07) is 6.52. The van der Waals surface area contributed by atoms with Gasteiger partial charge in [0.05, 0.1) is 10.2 Å². The Hall–Kier alpha value is -0.930. The zero-order valence-electron chi connectivity index (χ0n) is 10.2. The third kappa shape index (κ3) is 1.78. The Bertz CT molecular complexity index is 538. The number of benzene rings is 1. The first-order valence-corrected chi connectivity index (χ1v) is 7.13. The minimum absolute atomic E-state index is 0.178. The number of hydrogen-bond donors (Lipinski definition) is 1. The molecule has 0 bridgehead atoms. The molecule has 90 valence electrons. The lowest BCUT2D eigenvalue weighted by Crippen LogP contribution is -2.31. The van der Waals surface area contributed by atoms with Crippen molar-refractivity contribution in [2.24, 2.45) is 5.73 Å². The molecule has 1 fully saturated rings. The van der Waals surface area contributed by atoms with Crippen LogP contribution in [0, 0.1) is 6.92 Å². The van der Waals surface area contributed by atoms with Crippen LogP contribution in [0.4, 0.5) is 0 Å². The van der Waals surface area contributed by atoms with Crippen molar-refractivity contribution in [3.05, 3.63) is 28.8 Å². The van der Waals surface area contributed by atoms with Crippen LogP contribution in [0.2, 0.25) is 0 Å². The second-order valence-corrected chi connectivity index (χ2v) is 6.21. The van der Waals surface area contributed by atoms with Gasteiger partial charge in [0.2, 0.25) is 0 Å². The van der Waals surface area contributed by atoms with Crippen LogP contribution in [0.5, 0.6) is 0 Å². The zero-order chi connectivity index (χ0) is 11.9. The van der Waals surface area contributed by atoms with E-state index in [1.54, 1.807) is 0 Å². The van der Waals surface area contributed by atoms with Gasteiger partial charge in [0, 0.05) is 12.0 Å². The zero-order valence-corrected chi connectivity index (χ0v) is 11.0. The Labute approximate surface area is 106 Å². The van der Waals surface area contributed by atoms with E-state index < -0.39 is 0 Å². The topological polar surface area (TPSA) is 38.9 Å². The maximum atomic E-state index is 6.02. The van der Waals surface area contributed by atoms with E-state index in [-0.39, 0.29) is 5.41 Å². The molecule has 2 aromatic rings. The van der Waals surface area contributed by atoms with E-state index in [0.29, 0.717) is 0 Å². The number of rotatable bonds is 2. The summed E-state index contributed by atoms with van der Waals surface area (Å²) in [7, 11) is 0. The van der Waals surface area contributed by atoms with Crippen molar-refractivity contribution >= 4 is 21.6 Å². The third-order valence-electron chi connectivity index (χ3n) is 3.95. The molecule has 1 aliphatic carbocycles. The third-order valence-corrected chi connectivity index (χ3v) is 5.23. The number of aryl methyl sites for hydroxylation is 1. The quantitative estimate of drug-likeness (QED) is 0.882. The molecule has 3 heteroatoms. The Morgan fingerprint density at radius 3 is 2.82 bits per heavy atom. The van der Waals surface area contributed by atoms with Gasteiger partial charge in [-0.25, -0.2) is 4.98 Å². The van der Waals surface area contributed by atoms with Crippen LogP contribution in [-0.4, -0.2) is 11.5 Å². The minimum atomic E-state index is 0.178. The van der Waals surface area contributed by atoms with Crippen LogP contribution in [0.1, 0.15) is 36.3 Å². The van der Waals surface area contributed by atoms with E-state index in [9.17, 15) is 0 Å². The van der Waals surface area contributed by atoms with Crippen LogP contribution < -0.4 is 5.73 Å². The molecule has 1 aromatic heterocycles. The molecule has 0 saturated heterocycles. The van der Waals surface area contributed by atoms with E-state index in [1.165, 1.54) is 41.0 Å². The van der Waals surface area contributed by atoms with Gasteiger partial charge in [-0.2, -0.15) is 0 Å². The average Bonchev–Trinajstić information content (AvgIpc) is 2.94. The van der Waals surface area contributed by atoms with Crippen molar-refractivity contribution in [1.82, 2.24) is 4.98 Å². The molecule has 2 nitrogen and oxygen atoms in total. The highest BCUT2D eigenvalue weighted by Gasteiger charge is 2.37. The lowest BCUT2D eigenvalue weighted by atomic mass is 9.87. The van der Waals surface area contributed by atoms with Crippen LogP contribution in [0.15, 0.2) is 18.2 Å². The summed E-state index contributed by atoms with van der Waals surface area (Å²) < 4.78 is 1.30. The van der Waals surface area contributed by atoms with Gasteiger partial charge in [-0.15, -0.1) is 11.3 Å². The van der Waals surface area contributed by atoms with E-state index in [4.69, 9.17) is 10.7 Å². The molecule has 17 heavy (non-hydrogen) atoms. The lowest BCUT2D eigenvalue weighted by molar-refractivity contribution is 0.451. The molecule has 0 unspecified atom stereocenters. The number of nitrogens with two attached hydrogens (primary N) is 1. The van der Waals surface area contributed by atoms with Crippen LogP contribution in [0.3, 0.4) is 0 Å². The molecule has 3 rings (SSSR count). The molecule has 0 amide bonds. The van der Waals surface area contributed by atoms with E-state index >= 15 is 0 Å². The van der Waals surface area contributed by atoms with E-state index in [0.717, 1.165) is 12.1 Å². The molecule has 2 N–H and O–H groups in total. The van der Waals surface area contributed by atoms with Gasteiger partial charge < -0.3 is 5.73 Å². The predicted octanol–water partition coefficient (Wildman–Crippen LogP) is 3.38. The summed E-state index contributed by atoms with van der Waals surface area (Å²) in [6.07, 6.45) is 5.02. The molecule has 1 heterocycles. The Morgan fingerprint density at radius 1 is 1.35 bits per heavy atom. The van der Waals surface area contributed by atoms with Crippen molar-refractivity contribution < 1.29 is 0 Å². The van der Waals surface area contributed by atoms with Crippen molar-refractivity contribution in [1.29, 1.82) is 0 Å². The average molecular weight is 246 g/mol. The molecule has 0 radical (unpaired) electrons. The van der Waals surface area contributed by atoms with Crippen LogP contribution in [0.25, 0.3) is 10.2 Å². The highest BCUT2D eigenvalue weighted by atomic mass is 32.1. The Balaban J connectivity index is 2.11. The van der Waals surface area contributed by atoms with Gasteiger partial charge in [0.25, 0.3) is 0 Å². The lowest BCUT2D eigenvalue weighted by Gasteiger charge is -2.23. The molecule has 1 aromatic carbocycles. The van der Waals surface area contributed by atoms with E-state index in [1.807, 2.05) is 11.3 Å². The Morgan fingerprint density at radius 2 is 2.12 bits per heavy atom. The van der Waals surface area contributed by atoms with Gasteiger partial charge >= 0.3 is 0 Å². The van der Waals surface area contributed by atoms with Gasteiger partial charge in [-0.1, -0.05) is 18.9 Å². The number of aromatic nitrogens is 1. The highest BCUT2D eigenvalue weighted by molar-refractivity contribution is 7.18. The summed E-state index contributed by atoms with van der Waals surface area (Å²) >= 11 is 1.84. The first-order chi connectivity index (χ1) is 8.23. The van der Waals surface area contributed by atoms with Crippen LogP contribution >= 0.6 is 11.3 Å². The molecule has 0 atom stereocenters. The summed E-state index contributed by atoms with van der Waals surface area (Å²) in [4.78, 5) is 4.84. The predicted molar refractivity (Wildman–Crippen MR) is 73.6 cm³/mol. The normalized spacial score (nSPS) is 18.9. The second-order valence-electron chi connectivity index (χ2n) is 5.18. The van der Waals surface area contributed by atoms with E-state index in [2.05, 4.69) is 25.1 Å². The summed E-state index contributed by atoms with van der Waals surface area (Å²) in [6.45, 7) is 2.86. The molecule has 0 aliphatic heterocycles. The minimum Gasteiger partial charge on any atom is -0.329 e. The number of nitrogens with zero attached hydrogens (tertiary/aromatic N) is 1. The number of thiazole rings is 1. The molecule has 1 saturated carbocycles. The SMILES string of the molecule is Cc1ccc2sc(C3(CN)CCCC3)nc2c1. The molecule has 0 spiro atoms. The van der Waals surface area contributed by atoms with Crippen molar-refractivity contribution in [2.75, 3.05) is 6.54 Å². The van der Waals surface area contributed by atoms with Gasteiger partial charge in [0.15, 0.2) is 0 Å². The summed E-state index contributed by atoms with van der Waals surface area (Å²) in [5, 5.41) is 1.26. The highest BCUT2D eigenvalue weighted by Crippen LogP contribution is 2.43.